The van der Waals surface area contributed by atoms with Crippen molar-refractivity contribution in [2.45, 2.75) is 44.6 Å². The predicted molar refractivity (Wildman–Crippen MR) is 78.0 cm³/mol. The van der Waals surface area contributed by atoms with Crippen LogP contribution < -0.4 is 10.5 Å². The van der Waals surface area contributed by atoms with Gasteiger partial charge in [0, 0.05) is 6.04 Å². The number of methoxy groups -OCH3 is 1. The quantitative estimate of drug-likeness (QED) is 0.533. The highest BCUT2D eigenvalue weighted by Gasteiger charge is 2.07. The molecule has 0 saturated heterocycles. The molecule has 0 aliphatic heterocycles. The average molecular weight is 247 g/mol. The molecule has 0 aliphatic rings. The standard InChI is InChI=1S/C16H25NO/c1-3-4-5-6-7-11-15(17)13-14-10-8-9-12-16(14)18-2/h3,8-10,12,15H,1,4-7,11,13,17H2,2H3. The number of hydrogen-bond acceptors (Lipinski definition) is 2. The van der Waals surface area contributed by atoms with E-state index in [0.717, 1.165) is 25.0 Å². The van der Waals surface area contributed by atoms with E-state index in [4.69, 9.17) is 10.5 Å². The number of ether oxygens (including phenoxy) is 1. The highest BCUT2D eigenvalue weighted by molar-refractivity contribution is 5.33. The molecule has 1 atom stereocenters. The lowest BCUT2D eigenvalue weighted by Crippen LogP contribution is -2.22. The molecule has 0 aliphatic carbocycles. The van der Waals surface area contributed by atoms with Gasteiger partial charge in [0.25, 0.3) is 0 Å². The first-order valence-electron chi connectivity index (χ1n) is 6.76. The fraction of sp³-hybridized carbons (Fsp3) is 0.500. The smallest absolute Gasteiger partial charge is 0.122 e. The second-order valence-electron chi connectivity index (χ2n) is 4.70. The molecular formula is C16H25NO. The molecule has 0 radical (unpaired) electrons. The molecule has 1 rings (SSSR count). The largest absolute Gasteiger partial charge is 0.496 e. The highest BCUT2D eigenvalue weighted by Crippen LogP contribution is 2.19. The zero-order valence-corrected chi connectivity index (χ0v) is 11.4. The van der Waals surface area contributed by atoms with Gasteiger partial charge in [-0.3, -0.25) is 0 Å². The molecule has 2 N–H and O–H groups in total. The topological polar surface area (TPSA) is 35.2 Å². The number of hydrogen-bond donors (Lipinski definition) is 1. The number of para-hydroxylation sites is 1. The molecule has 1 unspecified atom stereocenters. The van der Waals surface area contributed by atoms with Crippen LogP contribution in [-0.2, 0) is 6.42 Å². The molecule has 0 heterocycles. The Kier molecular flexibility index (Phi) is 7.19. The molecule has 0 aromatic heterocycles. The summed E-state index contributed by atoms with van der Waals surface area (Å²) >= 11 is 0. The predicted octanol–water partition coefficient (Wildman–Crippen LogP) is 3.70. The lowest BCUT2D eigenvalue weighted by molar-refractivity contribution is 0.406. The van der Waals surface area contributed by atoms with Gasteiger partial charge >= 0.3 is 0 Å². The third-order valence-corrected chi connectivity index (χ3v) is 3.16. The summed E-state index contributed by atoms with van der Waals surface area (Å²) in [4.78, 5) is 0. The van der Waals surface area contributed by atoms with Crippen LogP contribution in [0.5, 0.6) is 5.75 Å². The van der Waals surface area contributed by atoms with Crippen molar-refractivity contribution >= 4 is 0 Å². The van der Waals surface area contributed by atoms with E-state index in [0.29, 0.717) is 0 Å². The van der Waals surface area contributed by atoms with E-state index < -0.39 is 0 Å². The fourth-order valence-electron chi connectivity index (χ4n) is 2.13. The van der Waals surface area contributed by atoms with Crippen LogP contribution in [0.4, 0.5) is 0 Å². The lowest BCUT2D eigenvalue weighted by atomic mass is 10.00. The van der Waals surface area contributed by atoms with E-state index in [2.05, 4.69) is 12.6 Å². The maximum atomic E-state index is 6.17. The van der Waals surface area contributed by atoms with Crippen molar-refractivity contribution in [3.8, 4) is 5.75 Å². The van der Waals surface area contributed by atoms with Gasteiger partial charge < -0.3 is 10.5 Å². The molecule has 0 amide bonds. The number of allylic oxidation sites excluding steroid dienone is 1. The van der Waals surface area contributed by atoms with Crippen LogP contribution in [0.3, 0.4) is 0 Å². The molecule has 1 aromatic carbocycles. The van der Waals surface area contributed by atoms with Gasteiger partial charge in [-0.15, -0.1) is 6.58 Å². The molecular weight excluding hydrogens is 222 g/mol. The number of rotatable bonds is 9. The van der Waals surface area contributed by atoms with Crippen LogP contribution in [0.1, 0.15) is 37.7 Å². The van der Waals surface area contributed by atoms with E-state index >= 15 is 0 Å². The first-order chi connectivity index (χ1) is 8.77. The molecule has 18 heavy (non-hydrogen) atoms. The molecule has 0 spiro atoms. The minimum Gasteiger partial charge on any atom is -0.496 e. The van der Waals surface area contributed by atoms with Gasteiger partial charge in [0.05, 0.1) is 7.11 Å². The van der Waals surface area contributed by atoms with Gasteiger partial charge in [-0.25, -0.2) is 0 Å². The minimum atomic E-state index is 0.227. The number of unbranched alkanes of at least 4 members (excludes halogenated alkanes) is 3. The lowest BCUT2D eigenvalue weighted by Gasteiger charge is -2.14. The Morgan fingerprint density at radius 2 is 2.06 bits per heavy atom. The molecule has 100 valence electrons. The molecule has 0 bridgehead atoms. The number of benzene rings is 1. The Hall–Kier alpha value is -1.28. The fourth-order valence-corrected chi connectivity index (χ4v) is 2.13. The molecule has 2 nitrogen and oxygen atoms in total. The van der Waals surface area contributed by atoms with E-state index in [1.165, 1.54) is 24.8 Å². The van der Waals surface area contributed by atoms with Crippen LogP contribution in [0.2, 0.25) is 0 Å². The SMILES string of the molecule is C=CCCCCCC(N)Cc1ccccc1OC. The van der Waals surface area contributed by atoms with Gasteiger partial charge in [-0.05, 0) is 37.3 Å². The Balaban J connectivity index is 2.30. The minimum absolute atomic E-state index is 0.227. The Morgan fingerprint density at radius 3 is 2.78 bits per heavy atom. The van der Waals surface area contributed by atoms with Gasteiger partial charge in [0.1, 0.15) is 5.75 Å². The Labute approximate surface area is 111 Å². The Bertz CT molecular complexity index is 349. The normalized spacial score (nSPS) is 12.1. The first kappa shape index (κ1) is 14.8. The number of nitrogens with two attached hydrogens (primary N) is 1. The van der Waals surface area contributed by atoms with E-state index in [1.54, 1.807) is 7.11 Å². The van der Waals surface area contributed by atoms with Crippen LogP contribution in [0.25, 0.3) is 0 Å². The van der Waals surface area contributed by atoms with Crippen molar-refractivity contribution < 1.29 is 4.74 Å². The third kappa shape index (κ3) is 5.37. The highest BCUT2D eigenvalue weighted by atomic mass is 16.5. The van der Waals surface area contributed by atoms with Crippen molar-refractivity contribution in [3.63, 3.8) is 0 Å². The molecule has 1 aromatic rings. The molecule has 0 fully saturated rings. The van der Waals surface area contributed by atoms with Crippen LogP contribution >= 0.6 is 0 Å². The Morgan fingerprint density at radius 1 is 1.28 bits per heavy atom. The summed E-state index contributed by atoms with van der Waals surface area (Å²) in [6.07, 6.45) is 8.73. The summed E-state index contributed by atoms with van der Waals surface area (Å²) < 4.78 is 5.34. The average Bonchev–Trinajstić information content (AvgIpc) is 2.39. The molecule has 0 saturated carbocycles. The van der Waals surface area contributed by atoms with Crippen molar-refractivity contribution in [2.24, 2.45) is 5.73 Å². The van der Waals surface area contributed by atoms with Crippen molar-refractivity contribution in [3.05, 3.63) is 42.5 Å². The van der Waals surface area contributed by atoms with E-state index in [9.17, 15) is 0 Å². The van der Waals surface area contributed by atoms with Crippen molar-refractivity contribution in [1.29, 1.82) is 0 Å². The third-order valence-electron chi connectivity index (χ3n) is 3.16. The maximum absolute atomic E-state index is 6.17. The summed E-state index contributed by atoms with van der Waals surface area (Å²) in [6, 6.07) is 8.34. The maximum Gasteiger partial charge on any atom is 0.122 e. The zero-order valence-electron chi connectivity index (χ0n) is 11.4. The first-order valence-corrected chi connectivity index (χ1v) is 6.76. The second kappa shape index (κ2) is 8.76. The van der Waals surface area contributed by atoms with Gasteiger partial charge in [0.15, 0.2) is 0 Å². The van der Waals surface area contributed by atoms with Crippen LogP contribution in [0.15, 0.2) is 36.9 Å². The van der Waals surface area contributed by atoms with Crippen LogP contribution in [0, 0.1) is 0 Å². The van der Waals surface area contributed by atoms with Gasteiger partial charge in [-0.1, -0.05) is 37.1 Å². The van der Waals surface area contributed by atoms with Crippen molar-refractivity contribution in [1.82, 2.24) is 0 Å². The van der Waals surface area contributed by atoms with Crippen molar-refractivity contribution in [2.75, 3.05) is 7.11 Å². The summed E-state index contributed by atoms with van der Waals surface area (Å²) in [5.74, 6) is 0.944. The zero-order chi connectivity index (χ0) is 13.2. The van der Waals surface area contributed by atoms with E-state index in [-0.39, 0.29) is 6.04 Å². The summed E-state index contributed by atoms with van der Waals surface area (Å²) in [5.41, 5.74) is 7.38. The summed E-state index contributed by atoms with van der Waals surface area (Å²) in [5, 5.41) is 0. The monoisotopic (exact) mass is 247 g/mol. The van der Waals surface area contributed by atoms with Gasteiger partial charge in [-0.2, -0.15) is 0 Å². The summed E-state index contributed by atoms with van der Waals surface area (Å²) in [7, 11) is 1.71. The van der Waals surface area contributed by atoms with Crippen LogP contribution in [-0.4, -0.2) is 13.2 Å². The second-order valence-corrected chi connectivity index (χ2v) is 4.70. The van der Waals surface area contributed by atoms with Gasteiger partial charge in [0.2, 0.25) is 0 Å². The molecule has 2 heteroatoms. The summed E-state index contributed by atoms with van der Waals surface area (Å²) in [6.45, 7) is 3.73. The van der Waals surface area contributed by atoms with E-state index in [1.807, 2.05) is 24.3 Å².